The summed E-state index contributed by atoms with van der Waals surface area (Å²) in [4.78, 5) is 0. The van der Waals surface area contributed by atoms with Gasteiger partial charge in [-0.15, -0.1) is 0 Å². The normalized spacial score (nSPS) is 11.6. The Labute approximate surface area is 149 Å². The number of fused-ring (bicyclic) bond motifs is 1. The lowest BCUT2D eigenvalue weighted by Gasteiger charge is -2.21. The van der Waals surface area contributed by atoms with Crippen LogP contribution in [0.4, 0.5) is 0 Å². The van der Waals surface area contributed by atoms with E-state index in [1.165, 1.54) is 16.3 Å². The second-order valence-corrected chi connectivity index (χ2v) is 7.09. The molecule has 0 radical (unpaired) electrons. The van der Waals surface area contributed by atoms with Gasteiger partial charge >= 0.3 is 0 Å². The second-order valence-electron chi connectivity index (χ2n) is 7.09. The molecule has 0 amide bonds. The van der Waals surface area contributed by atoms with Crippen LogP contribution in [0.15, 0.2) is 66.7 Å². The monoisotopic (exact) mass is 336 g/mol. The maximum Gasteiger partial charge on any atom is 0.129 e. The van der Waals surface area contributed by atoms with Gasteiger partial charge in [0.25, 0.3) is 0 Å². The molecule has 0 saturated carbocycles. The molecule has 0 bridgehead atoms. The van der Waals surface area contributed by atoms with Crippen LogP contribution in [-0.4, -0.2) is 17.3 Å². The first-order valence-electron chi connectivity index (χ1n) is 8.72. The van der Waals surface area contributed by atoms with E-state index in [-0.39, 0.29) is 12.1 Å². The first kappa shape index (κ1) is 17.5. The topological polar surface area (TPSA) is 46.1 Å². The Morgan fingerprint density at radius 2 is 1.64 bits per heavy atom. The predicted molar refractivity (Wildman–Crippen MR) is 102 cm³/mol. The van der Waals surface area contributed by atoms with E-state index in [1.807, 2.05) is 32.0 Å². The van der Waals surface area contributed by atoms with Crippen LogP contribution in [0.1, 0.15) is 25.0 Å². The summed E-state index contributed by atoms with van der Waals surface area (Å²) in [5.74, 6) is 0.910. The molecular weight excluding hydrogens is 310 g/mol. The van der Waals surface area contributed by atoms with Crippen LogP contribution >= 0.6 is 0 Å². The standard InChI is InChI=1S/C22H25NO2/c1-22(2,16-24)23-14-20-19-11-7-6-10-18(19)12-13-21(20)25-15-17-8-4-3-5-9-17/h3-13,23-24H,14-16H2,1-2H3/p+1. The Balaban J connectivity index is 1.89. The van der Waals surface area contributed by atoms with Crippen LogP contribution in [0, 0.1) is 0 Å². The number of aliphatic hydroxyl groups is 1. The number of ether oxygens (including phenoxy) is 1. The highest BCUT2D eigenvalue weighted by atomic mass is 16.5. The van der Waals surface area contributed by atoms with Crippen molar-refractivity contribution in [3.8, 4) is 5.75 Å². The number of nitrogens with two attached hydrogens (primary N) is 1. The van der Waals surface area contributed by atoms with Gasteiger partial charge in [0.05, 0.1) is 12.2 Å². The minimum absolute atomic E-state index is 0.137. The average Bonchev–Trinajstić information content (AvgIpc) is 2.65. The molecule has 0 aliphatic heterocycles. The molecular formula is C22H26NO2+. The Bertz CT molecular complexity index is 828. The lowest BCUT2D eigenvalue weighted by Crippen LogP contribution is -2.95. The number of hydrogen-bond donors (Lipinski definition) is 2. The Kier molecular flexibility index (Phi) is 5.37. The highest BCUT2D eigenvalue weighted by molar-refractivity contribution is 5.87. The quantitative estimate of drug-likeness (QED) is 0.696. The summed E-state index contributed by atoms with van der Waals surface area (Å²) in [7, 11) is 0. The molecule has 0 aliphatic carbocycles. The molecule has 0 heterocycles. The predicted octanol–water partition coefficient (Wildman–Crippen LogP) is 3.25. The fraction of sp³-hybridized carbons (Fsp3) is 0.273. The van der Waals surface area contributed by atoms with E-state index >= 15 is 0 Å². The van der Waals surface area contributed by atoms with Gasteiger partial charge in [0.15, 0.2) is 0 Å². The second kappa shape index (κ2) is 7.68. The van der Waals surface area contributed by atoms with Gasteiger partial charge in [-0.1, -0.05) is 60.7 Å². The largest absolute Gasteiger partial charge is 0.488 e. The first-order chi connectivity index (χ1) is 12.1. The summed E-state index contributed by atoms with van der Waals surface area (Å²) < 4.78 is 6.15. The minimum atomic E-state index is -0.215. The Morgan fingerprint density at radius 1 is 0.920 bits per heavy atom. The number of benzene rings is 3. The maximum absolute atomic E-state index is 9.54. The summed E-state index contributed by atoms with van der Waals surface area (Å²) in [5, 5.41) is 14.1. The molecule has 3 nitrogen and oxygen atoms in total. The van der Waals surface area contributed by atoms with Crippen LogP contribution in [0.25, 0.3) is 10.8 Å². The van der Waals surface area contributed by atoms with Crippen molar-refractivity contribution >= 4 is 10.8 Å². The van der Waals surface area contributed by atoms with E-state index in [1.54, 1.807) is 0 Å². The molecule has 0 fully saturated rings. The molecule has 3 aromatic rings. The zero-order valence-corrected chi connectivity index (χ0v) is 14.9. The van der Waals surface area contributed by atoms with Crippen LogP contribution in [0.3, 0.4) is 0 Å². The number of aliphatic hydroxyl groups excluding tert-OH is 1. The third-order valence-electron chi connectivity index (χ3n) is 4.50. The van der Waals surface area contributed by atoms with Crippen molar-refractivity contribution in [2.75, 3.05) is 6.61 Å². The van der Waals surface area contributed by atoms with Crippen LogP contribution in [0.5, 0.6) is 5.75 Å². The highest BCUT2D eigenvalue weighted by Gasteiger charge is 2.21. The van der Waals surface area contributed by atoms with E-state index in [2.05, 4.69) is 53.8 Å². The highest BCUT2D eigenvalue weighted by Crippen LogP contribution is 2.28. The molecule has 0 atom stereocenters. The zero-order valence-electron chi connectivity index (χ0n) is 14.9. The van der Waals surface area contributed by atoms with Crippen LogP contribution < -0.4 is 10.1 Å². The van der Waals surface area contributed by atoms with Crippen molar-refractivity contribution in [1.29, 1.82) is 0 Å². The molecule has 0 unspecified atom stereocenters. The minimum Gasteiger partial charge on any atom is -0.488 e. The fourth-order valence-electron chi connectivity index (χ4n) is 2.84. The third kappa shape index (κ3) is 4.38. The van der Waals surface area contributed by atoms with Gasteiger partial charge in [-0.25, -0.2) is 0 Å². The molecule has 3 aromatic carbocycles. The van der Waals surface area contributed by atoms with E-state index < -0.39 is 0 Å². The Hall–Kier alpha value is -2.36. The average molecular weight is 336 g/mol. The smallest absolute Gasteiger partial charge is 0.129 e. The molecule has 3 N–H and O–H groups in total. The molecule has 0 spiro atoms. The van der Waals surface area contributed by atoms with Gasteiger partial charge in [-0.3, -0.25) is 0 Å². The van der Waals surface area contributed by atoms with E-state index in [4.69, 9.17) is 4.74 Å². The summed E-state index contributed by atoms with van der Waals surface area (Å²) >= 11 is 0. The molecule has 25 heavy (non-hydrogen) atoms. The van der Waals surface area contributed by atoms with Crippen molar-refractivity contribution in [1.82, 2.24) is 0 Å². The summed E-state index contributed by atoms with van der Waals surface area (Å²) in [5.41, 5.74) is 2.12. The molecule has 0 aromatic heterocycles. The molecule has 3 rings (SSSR count). The number of rotatable bonds is 7. The molecule has 130 valence electrons. The number of hydrogen-bond acceptors (Lipinski definition) is 2. The van der Waals surface area contributed by atoms with Gasteiger partial charge in [0, 0.05) is 0 Å². The summed E-state index contributed by atoms with van der Waals surface area (Å²) in [6.07, 6.45) is 0. The lowest BCUT2D eigenvalue weighted by atomic mass is 10.0. The third-order valence-corrected chi connectivity index (χ3v) is 4.50. The summed E-state index contributed by atoms with van der Waals surface area (Å²) in [6.45, 7) is 5.54. The van der Waals surface area contributed by atoms with Crippen molar-refractivity contribution in [3.63, 3.8) is 0 Å². The van der Waals surface area contributed by atoms with Crippen molar-refractivity contribution in [2.45, 2.75) is 32.5 Å². The van der Waals surface area contributed by atoms with E-state index in [0.717, 1.165) is 17.9 Å². The van der Waals surface area contributed by atoms with Gasteiger partial charge in [0.1, 0.15) is 24.4 Å². The zero-order chi connectivity index (χ0) is 17.7. The Morgan fingerprint density at radius 3 is 2.40 bits per heavy atom. The van der Waals surface area contributed by atoms with Crippen molar-refractivity contribution < 1.29 is 15.2 Å². The van der Waals surface area contributed by atoms with E-state index in [0.29, 0.717) is 6.61 Å². The van der Waals surface area contributed by atoms with E-state index in [9.17, 15) is 5.11 Å². The van der Waals surface area contributed by atoms with Gasteiger partial charge < -0.3 is 15.2 Å². The van der Waals surface area contributed by atoms with Crippen LogP contribution in [-0.2, 0) is 13.2 Å². The van der Waals surface area contributed by atoms with Gasteiger partial charge in [0.2, 0.25) is 0 Å². The molecule has 0 aliphatic rings. The van der Waals surface area contributed by atoms with Gasteiger partial charge in [-0.2, -0.15) is 0 Å². The van der Waals surface area contributed by atoms with Crippen LogP contribution in [0.2, 0.25) is 0 Å². The van der Waals surface area contributed by atoms with Gasteiger partial charge in [-0.05, 0) is 36.2 Å². The number of quaternary nitrogens is 1. The first-order valence-corrected chi connectivity index (χ1v) is 8.72. The van der Waals surface area contributed by atoms with Crippen molar-refractivity contribution in [2.24, 2.45) is 0 Å². The molecule has 3 heteroatoms. The van der Waals surface area contributed by atoms with Crippen molar-refractivity contribution in [3.05, 3.63) is 77.9 Å². The SMILES string of the molecule is CC(C)(CO)[NH2+]Cc1c(OCc2ccccc2)ccc2ccccc12. The maximum atomic E-state index is 9.54. The fourth-order valence-corrected chi connectivity index (χ4v) is 2.84. The molecule has 0 saturated heterocycles. The lowest BCUT2D eigenvalue weighted by molar-refractivity contribution is -0.736. The summed E-state index contributed by atoms with van der Waals surface area (Å²) in [6, 6.07) is 22.7.